The van der Waals surface area contributed by atoms with E-state index in [-0.39, 0.29) is 12.4 Å². The number of ether oxygens (including phenoxy) is 1. The summed E-state index contributed by atoms with van der Waals surface area (Å²) in [6.45, 7) is 3.82. The maximum absolute atomic E-state index is 13.1. The molecule has 1 heterocycles. The molecule has 0 aliphatic rings. The molecule has 1 aromatic carbocycles. The van der Waals surface area contributed by atoms with Crippen molar-refractivity contribution in [2.45, 2.75) is 32.0 Å². The Morgan fingerprint density at radius 3 is 2.52 bits per heavy atom. The van der Waals surface area contributed by atoms with Crippen LogP contribution in [0.15, 0.2) is 18.2 Å². The zero-order valence-corrected chi connectivity index (χ0v) is 13.8. The van der Waals surface area contributed by atoms with Gasteiger partial charge in [0.15, 0.2) is 0 Å². The fourth-order valence-corrected chi connectivity index (χ4v) is 2.94. The molecular weight excluding hydrogens is 367 g/mol. The fourth-order valence-electron chi connectivity index (χ4n) is 1.75. The molecule has 0 fully saturated rings. The maximum Gasteiger partial charge on any atom is 0.419 e. The molecule has 0 radical (unpaired) electrons. The van der Waals surface area contributed by atoms with Gasteiger partial charge in [0.2, 0.25) is 0 Å². The molecule has 0 N–H and O–H groups in total. The summed E-state index contributed by atoms with van der Waals surface area (Å²) >= 11 is 4.58. The second-order valence-electron chi connectivity index (χ2n) is 4.50. The first-order valence-electron chi connectivity index (χ1n) is 6.13. The number of hydrogen-bond donors (Lipinski definition) is 0. The summed E-state index contributed by atoms with van der Waals surface area (Å²) in [5, 5.41) is 1.03. The quantitative estimate of drug-likeness (QED) is 0.676. The molecule has 0 saturated carbocycles. The van der Waals surface area contributed by atoms with Gasteiger partial charge in [0.05, 0.1) is 11.3 Å². The molecule has 1 aromatic heterocycles. The number of aryl methyl sites for hydroxylation is 2. The summed E-state index contributed by atoms with van der Waals surface area (Å²) in [4.78, 5) is 5.30. The molecule has 0 spiro atoms. The number of halogens is 4. The van der Waals surface area contributed by atoms with Crippen LogP contribution in [0.3, 0.4) is 0 Å². The number of rotatable bonds is 4. The average Bonchev–Trinajstić information content (AvgIpc) is 2.74. The predicted octanol–water partition coefficient (Wildman–Crippen LogP) is 5.25. The molecule has 0 unspecified atom stereocenters. The Bertz CT molecular complexity index is 620. The third-order valence-electron chi connectivity index (χ3n) is 2.93. The SMILES string of the molecule is Cc1nc(COc2ccc(CBr)cc2C(F)(F)F)sc1C. The van der Waals surface area contributed by atoms with Crippen LogP contribution in [-0.2, 0) is 18.1 Å². The molecule has 0 saturated heterocycles. The van der Waals surface area contributed by atoms with Crippen molar-refractivity contribution in [3.63, 3.8) is 0 Å². The molecule has 114 valence electrons. The Morgan fingerprint density at radius 2 is 2.00 bits per heavy atom. The molecule has 0 aliphatic carbocycles. The van der Waals surface area contributed by atoms with Crippen LogP contribution in [0.1, 0.15) is 26.7 Å². The van der Waals surface area contributed by atoms with Crippen LogP contribution in [0.4, 0.5) is 13.2 Å². The van der Waals surface area contributed by atoms with Gasteiger partial charge in [-0.2, -0.15) is 13.2 Å². The number of thiazole rings is 1. The number of nitrogens with zero attached hydrogens (tertiary/aromatic N) is 1. The largest absolute Gasteiger partial charge is 0.486 e. The van der Waals surface area contributed by atoms with Crippen LogP contribution in [0.25, 0.3) is 0 Å². The van der Waals surface area contributed by atoms with Crippen LogP contribution >= 0.6 is 27.3 Å². The minimum Gasteiger partial charge on any atom is -0.486 e. The summed E-state index contributed by atoms with van der Waals surface area (Å²) in [6, 6.07) is 4.06. The minimum atomic E-state index is -4.44. The van der Waals surface area contributed by atoms with Crippen molar-refractivity contribution < 1.29 is 17.9 Å². The van der Waals surface area contributed by atoms with Crippen LogP contribution in [0.2, 0.25) is 0 Å². The molecule has 0 aliphatic heterocycles. The van der Waals surface area contributed by atoms with E-state index in [1.807, 2.05) is 13.8 Å². The standard InChI is InChI=1S/C14H13BrF3NOS/c1-8-9(2)21-13(19-8)7-20-12-4-3-10(6-15)5-11(12)14(16,17)18/h3-5H,6-7H2,1-2H3. The van der Waals surface area contributed by atoms with Crippen molar-refractivity contribution in [3.8, 4) is 5.75 Å². The Balaban J connectivity index is 2.23. The average molecular weight is 380 g/mol. The molecule has 0 atom stereocenters. The third-order valence-corrected chi connectivity index (χ3v) is 4.62. The van der Waals surface area contributed by atoms with E-state index in [4.69, 9.17) is 4.74 Å². The zero-order valence-electron chi connectivity index (χ0n) is 11.4. The molecule has 21 heavy (non-hydrogen) atoms. The smallest absolute Gasteiger partial charge is 0.419 e. The van der Waals surface area contributed by atoms with E-state index in [2.05, 4.69) is 20.9 Å². The highest BCUT2D eigenvalue weighted by atomic mass is 79.9. The molecule has 2 aromatic rings. The lowest BCUT2D eigenvalue weighted by Gasteiger charge is -2.14. The van der Waals surface area contributed by atoms with Gasteiger partial charge < -0.3 is 4.74 Å². The summed E-state index contributed by atoms with van der Waals surface area (Å²) in [5.41, 5.74) is 0.671. The first-order valence-corrected chi connectivity index (χ1v) is 8.07. The Morgan fingerprint density at radius 1 is 1.29 bits per heavy atom. The zero-order chi connectivity index (χ0) is 15.6. The molecule has 2 nitrogen and oxygen atoms in total. The lowest BCUT2D eigenvalue weighted by Crippen LogP contribution is -2.09. The highest BCUT2D eigenvalue weighted by molar-refractivity contribution is 9.08. The third kappa shape index (κ3) is 3.97. The Kier molecular flexibility index (Phi) is 4.93. The van der Waals surface area contributed by atoms with E-state index < -0.39 is 11.7 Å². The minimum absolute atomic E-state index is 0.0378. The summed E-state index contributed by atoms with van der Waals surface area (Å²) in [6.07, 6.45) is -4.44. The normalized spacial score (nSPS) is 11.7. The predicted molar refractivity (Wildman–Crippen MR) is 80.0 cm³/mol. The van der Waals surface area contributed by atoms with Gasteiger partial charge in [-0.05, 0) is 31.5 Å². The van der Waals surface area contributed by atoms with E-state index in [1.54, 1.807) is 6.07 Å². The first kappa shape index (κ1) is 16.3. The van der Waals surface area contributed by atoms with Crippen molar-refractivity contribution in [1.82, 2.24) is 4.98 Å². The van der Waals surface area contributed by atoms with E-state index in [1.165, 1.54) is 17.4 Å². The second-order valence-corrected chi connectivity index (χ2v) is 6.35. The van der Waals surface area contributed by atoms with Crippen LogP contribution in [0, 0.1) is 13.8 Å². The summed E-state index contributed by atoms with van der Waals surface area (Å²) in [5.74, 6) is -0.169. The van der Waals surface area contributed by atoms with Gasteiger partial charge in [0.25, 0.3) is 0 Å². The van der Waals surface area contributed by atoms with Crippen LogP contribution < -0.4 is 4.74 Å². The number of alkyl halides is 4. The lowest BCUT2D eigenvalue weighted by molar-refractivity contribution is -0.139. The van der Waals surface area contributed by atoms with Crippen molar-refractivity contribution in [2.75, 3.05) is 0 Å². The molecule has 0 amide bonds. The van der Waals surface area contributed by atoms with Gasteiger partial charge >= 0.3 is 6.18 Å². The van der Waals surface area contributed by atoms with Gasteiger partial charge in [-0.15, -0.1) is 11.3 Å². The highest BCUT2D eigenvalue weighted by Gasteiger charge is 2.34. The lowest BCUT2D eigenvalue weighted by atomic mass is 10.1. The Hall–Kier alpha value is -1.08. The van der Waals surface area contributed by atoms with Gasteiger partial charge in [0, 0.05) is 10.2 Å². The number of benzene rings is 1. The van der Waals surface area contributed by atoms with E-state index >= 15 is 0 Å². The molecule has 0 bridgehead atoms. The number of hydrogen-bond acceptors (Lipinski definition) is 3. The molecular formula is C14H13BrF3NOS. The summed E-state index contributed by atoms with van der Waals surface area (Å²) < 4.78 is 44.5. The molecule has 7 heteroatoms. The van der Waals surface area contributed by atoms with Crippen molar-refractivity contribution in [2.24, 2.45) is 0 Å². The topological polar surface area (TPSA) is 22.1 Å². The fraction of sp³-hybridized carbons (Fsp3) is 0.357. The van der Waals surface area contributed by atoms with Gasteiger partial charge in [-0.25, -0.2) is 4.98 Å². The highest BCUT2D eigenvalue weighted by Crippen LogP contribution is 2.37. The number of aromatic nitrogens is 1. The van der Waals surface area contributed by atoms with Crippen molar-refractivity contribution >= 4 is 27.3 Å². The van der Waals surface area contributed by atoms with Crippen LogP contribution in [-0.4, -0.2) is 4.98 Å². The Labute approximate surface area is 133 Å². The maximum atomic E-state index is 13.1. The van der Waals surface area contributed by atoms with Gasteiger partial charge in [-0.1, -0.05) is 22.0 Å². The van der Waals surface area contributed by atoms with Crippen molar-refractivity contribution in [1.29, 1.82) is 0 Å². The molecule has 2 rings (SSSR count). The van der Waals surface area contributed by atoms with E-state index in [9.17, 15) is 13.2 Å². The van der Waals surface area contributed by atoms with Crippen LogP contribution in [0.5, 0.6) is 5.75 Å². The monoisotopic (exact) mass is 379 g/mol. The van der Waals surface area contributed by atoms with E-state index in [0.29, 0.717) is 15.9 Å². The van der Waals surface area contributed by atoms with Crippen molar-refractivity contribution in [3.05, 3.63) is 44.9 Å². The first-order chi connectivity index (χ1) is 9.81. The summed E-state index contributed by atoms with van der Waals surface area (Å²) in [7, 11) is 0. The second kappa shape index (κ2) is 6.36. The van der Waals surface area contributed by atoms with Gasteiger partial charge in [-0.3, -0.25) is 0 Å². The van der Waals surface area contributed by atoms with E-state index in [0.717, 1.165) is 16.6 Å². The van der Waals surface area contributed by atoms with Gasteiger partial charge in [0.1, 0.15) is 17.4 Å².